The molecule has 0 aromatic heterocycles. The van der Waals surface area contributed by atoms with Crippen LogP contribution in [0.25, 0.3) is 0 Å². The van der Waals surface area contributed by atoms with E-state index in [0.717, 1.165) is 0 Å². The van der Waals surface area contributed by atoms with Crippen LogP contribution in [0, 0.1) is 0 Å². The molecule has 12 N–H and O–H groups in total. The molecule has 0 amide bonds. The van der Waals surface area contributed by atoms with Crippen LogP contribution >= 0.6 is 0 Å². The molecule has 0 bridgehead atoms. The van der Waals surface area contributed by atoms with Crippen LogP contribution in [0.2, 0.25) is 0 Å². The van der Waals surface area contributed by atoms with Crippen LogP contribution < -0.4 is 0 Å². The van der Waals surface area contributed by atoms with Gasteiger partial charge < -0.3 is 99.2 Å². The third kappa shape index (κ3) is 7.35. The lowest BCUT2D eigenvalue weighted by molar-refractivity contribution is -0.385. The normalized spacial score (nSPS) is 52.2. The van der Waals surface area contributed by atoms with Crippen molar-refractivity contribution in [2.75, 3.05) is 33.5 Å². The minimum absolute atomic E-state index is 0.487. The lowest BCUT2D eigenvalue weighted by atomic mass is 9.96. The molecular weight excluding hydrogens is 608 g/mol. The molecule has 0 aromatic rings. The predicted molar refractivity (Wildman–Crippen MR) is 133 cm³/mol. The molecule has 0 aliphatic carbocycles. The summed E-state index contributed by atoms with van der Waals surface area (Å²) in [5.41, 5.74) is 0. The molecule has 4 saturated heterocycles. The summed E-state index contributed by atoms with van der Waals surface area (Å²) in [5.74, 6) is 0. The van der Waals surface area contributed by atoms with E-state index in [0.29, 0.717) is 0 Å². The second-order valence-corrected chi connectivity index (χ2v) is 10.9. The van der Waals surface area contributed by atoms with Crippen molar-refractivity contribution in [3.8, 4) is 0 Å². The number of hydrogen-bond acceptors (Lipinski definition) is 20. The molecule has 4 heterocycles. The van der Waals surface area contributed by atoms with Gasteiger partial charge in [-0.25, -0.2) is 0 Å². The van der Waals surface area contributed by atoms with Gasteiger partial charge in [-0.2, -0.15) is 0 Å². The van der Waals surface area contributed by atoms with Crippen molar-refractivity contribution in [2.24, 2.45) is 0 Å². The predicted octanol–water partition coefficient (Wildman–Crippen LogP) is -8.46. The smallest absolute Gasteiger partial charge is 0.187 e. The van der Waals surface area contributed by atoms with Crippen molar-refractivity contribution in [1.29, 1.82) is 0 Å². The van der Waals surface area contributed by atoms with Crippen LogP contribution in [0.15, 0.2) is 0 Å². The third-order valence-electron chi connectivity index (χ3n) is 8.04. The van der Waals surface area contributed by atoms with Gasteiger partial charge in [0.25, 0.3) is 0 Å². The van der Waals surface area contributed by atoms with Crippen molar-refractivity contribution in [3.63, 3.8) is 0 Å². The maximum Gasteiger partial charge on any atom is 0.187 e. The van der Waals surface area contributed by atoms with Crippen molar-refractivity contribution < 1.29 is 99.2 Å². The molecule has 19 atom stereocenters. The molecule has 4 rings (SSSR count). The average Bonchev–Trinajstić information content (AvgIpc) is 3.00. The van der Waals surface area contributed by atoms with E-state index in [1.165, 1.54) is 7.11 Å². The van der Waals surface area contributed by atoms with Gasteiger partial charge in [0.05, 0.1) is 26.4 Å². The number of aliphatic hydroxyl groups excluding tert-OH is 12. The van der Waals surface area contributed by atoms with Crippen LogP contribution in [0.1, 0.15) is 0 Å². The van der Waals surface area contributed by atoms with E-state index in [1.807, 2.05) is 0 Å². The number of aliphatic hydroxyl groups is 12. The molecule has 4 aliphatic heterocycles. The highest BCUT2D eigenvalue weighted by molar-refractivity contribution is 4.96. The second kappa shape index (κ2) is 15.4. The van der Waals surface area contributed by atoms with E-state index >= 15 is 0 Å². The Hall–Kier alpha value is -0.800. The van der Waals surface area contributed by atoms with Gasteiger partial charge >= 0.3 is 0 Å². The molecule has 0 spiro atoms. The minimum Gasteiger partial charge on any atom is -0.394 e. The van der Waals surface area contributed by atoms with E-state index in [4.69, 9.17) is 37.9 Å². The van der Waals surface area contributed by atoms with E-state index in [-0.39, 0.29) is 0 Å². The first kappa shape index (κ1) is 36.0. The van der Waals surface area contributed by atoms with Crippen LogP contribution in [-0.2, 0) is 37.9 Å². The summed E-state index contributed by atoms with van der Waals surface area (Å²) in [7, 11) is 1.20. The fraction of sp³-hybridized carbons (Fsp3) is 1.00. The van der Waals surface area contributed by atoms with Crippen LogP contribution in [0.4, 0.5) is 0 Å². The summed E-state index contributed by atoms with van der Waals surface area (Å²) < 4.78 is 43.3. The fourth-order valence-corrected chi connectivity index (χ4v) is 5.39. The number of ether oxygens (including phenoxy) is 8. The Morgan fingerprint density at radius 1 is 0.545 bits per heavy atom. The highest BCUT2D eigenvalue weighted by Crippen LogP contribution is 2.33. The first-order valence-electron chi connectivity index (χ1n) is 13.9. The molecule has 0 aromatic carbocycles. The van der Waals surface area contributed by atoms with Crippen LogP contribution in [0.3, 0.4) is 0 Å². The van der Waals surface area contributed by atoms with Crippen molar-refractivity contribution in [3.05, 3.63) is 0 Å². The van der Waals surface area contributed by atoms with E-state index < -0.39 is 143 Å². The number of methoxy groups -OCH3 is 1. The Balaban J connectivity index is 1.53. The Morgan fingerprint density at radius 3 is 1.75 bits per heavy atom. The highest BCUT2D eigenvalue weighted by Gasteiger charge is 2.54. The van der Waals surface area contributed by atoms with E-state index in [9.17, 15) is 61.3 Å². The fourth-order valence-electron chi connectivity index (χ4n) is 5.39. The monoisotopic (exact) mass is 650 g/mol. The average molecular weight is 651 g/mol. The Labute approximate surface area is 250 Å². The van der Waals surface area contributed by atoms with E-state index in [1.54, 1.807) is 0 Å². The molecule has 44 heavy (non-hydrogen) atoms. The second-order valence-electron chi connectivity index (χ2n) is 10.9. The van der Waals surface area contributed by atoms with E-state index in [2.05, 4.69) is 0 Å². The molecule has 4 aliphatic rings. The topological polar surface area (TPSA) is 317 Å². The summed E-state index contributed by atoms with van der Waals surface area (Å²) in [6, 6.07) is 0. The molecule has 0 unspecified atom stereocenters. The van der Waals surface area contributed by atoms with Crippen molar-refractivity contribution in [2.45, 2.75) is 117 Å². The van der Waals surface area contributed by atoms with Gasteiger partial charge in [-0.05, 0) is 0 Å². The largest absolute Gasteiger partial charge is 0.394 e. The molecule has 20 nitrogen and oxygen atoms in total. The van der Waals surface area contributed by atoms with Gasteiger partial charge in [0.1, 0.15) is 91.6 Å². The molecule has 258 valence electrons. The molecule has 4 fully saturated rings. The molecule has 0 radical (unpaired) electrons. The number of hydrogen-bond donors (Lipinski definition) is 12. The maximum atomic E-state index is 11.3. The Kier molecular flexibility index (Phi) is 12.6. The van der Waals surface area contributed by atoms with Crippen molar-refractivity contribution in [1.82, 2.24) is 0 Å². The van der Waals surface area contributed by atoms with Crippen LogP contribution in [-0.4, -0.2) is 212 Å². The van der Waals surface area contributed by atoms with Gasteiger partial charge in [-0.15, -0.1) is 0 Å². The van der Waals surface area contributed by atoms with Gasteiger partial charge in [0.2, 0.25) is 0 Å². The minimum atomic E-state index is -2.02. The summed E-state index contributed by atoms with van der Waals surface area (Å²) >= 11 is 0. The zero-order valence-electron chi connectivity index (χ0n) is 23.4. The number of rotatable bonds is 10. The zero-order valence-corrected chi connectivity index (χ0v) is 23.4. The standard InChI is InChI=1S/C24H42O20/c1-37-18-12(30)8(3-26)41-23(17(18)35)39-5-9-13(31)19(43-24-16(34)14(32)11(29)7(2-25)42-24)20(21(36)40-9)44-22-15(33)10(28)6(27)4-38-22/h6-36H,2-5H2,1H3/t6-,7-,8-,9-,10+,11-,12-,13-,14+,15-,16+,17+,18+,19+,20+,21-,22+,23+,24-/m1/s1. The quantitative estimate of drug-likeness (QED) is 0.104. The summed E-state index contributed by atoms with van der Waals surface area (Å²) in [4.78, 5) is 0. The van der Waals surface area contributed by atoms with Crippen molar-refractivity contribution >= 4 is 0 Å². The molecule has 0 saturated carbocycles. The summed E-state index contributed by atoms with van der Waals surface area (Å²) in [6.45, 7) is -2.60. The summed E-state index contributed by atoms with van der Waals surface area (Å²) in [5, 5.41) is 123. The third-order valence-corrected chi connectivity index (χ3v) is 8.04. The lowest BCUT2D eigenvalue weighted by Gasteiger charge is -2.48. The Bertz CT molecular complexity index is 885. The van der Waals surface area contributed by atoms with Gasteiger partial charge in [-0.1, -0.05) is 0 Å². The lowest BCUT2D eigenvalue weighted by Crippen LogP contribution is -2.66. The van der Waals surface area contributed by atoms with Crippen LogP contribution in [0.5, 0.6) is 0 Å². The van der Waals surface area contributed by atoms with Gasteiger partial charge in [-0.3, -0.25) is 0 Å². The van der Waals surface area contributed by atoms with Gasteiger partial charge in [0.15, 0.2) is 25.2 Å². The summed E-state index contributed by atoms with van der Waals surface area (Å²) in [6.07, 6.45) is -31.4. The molecular formula is C24H42O20. The highest BCUT2D eigenvalue weighted by atomic mass is 16.8. The zero-order chi connectivity index (χ0) is 32.5. The first-order chi connectivity index (χ1) is 20.8. The molecule has 20 heteroatoms. The van der Waals surface area contributed by atoms with Gasteiger partial charge in [0, 0.05) is 7.11 Å². The first-order valence-corrected chi connectivity index (χ1v) is 13.9. The SMILES string of the molecule is CO[C@@H]1[C@H](O)[C@@H](OC[C@H]2O[C@@H](O)[C@@H](O[C@@H]3OC[C@@H](O)[C@H](O)[C@H]3O)[C@@H](O[C@H]3O[C@H](CO)[C@@H](O)[C@H](O)[C@@H]3O)[C@@H]2O)O[C@H](CO)[C@H]1O. The maximum absolute atomic E-state index is 11.3. The Morgan fingerprint density at radius 2 is 1.11 bits per heavy atom.